The van der Waals surface area contributed by atoms with Crippen molar-refractivity contribution in [2.75, 3.05) is 13.1 Å². The Labute approximate surface area is 228 Å². The molecule has 2 amide bonds. The maximum atomic E-state index is 13.7. The molecule has 0 saturated carbocycles. The normalized spacial score (nSPS) is 14.5. The molecule has 0 radical (unpaired) electrons. The van der Waals surface area contributed by atoms with Crippen LogP contribution in [0.3, 0.4) is 0 Å². The molecule has 0 aliphatic carbocycles. The van der Waals surface area contributed by atoms with Gasteiger partial charge in [-0.1, -0.05) is 6.07 Å². The van der Waals surface area contributed by atoms with Gasteiger partial charge in [0.05, 0.1) is 10.5 Å². The number of amides is 2. The Bertz CT molecular complexity index is 1430. The molecular formula is C23H23F6N5O6S. The first-order valence-electron chi connectivity index (χ1n) is 11.3. The minimum Gasteiger partial charge on any atom is -0.475 e. The molecule has 0 bridgehead atoms. The van der Waals surface area contributed by atoms with Crippen molar-refractivity contribution >= 4 is 33.8 Å². The Morgan fingerprint density at radius 1 is 0.902 bits per heavy atom. The number of likely N-dealkylation sites (tertiary alicyclic amines) is 1. The molecule has 3 rings (SSSR count). The van der Waals surface area contributed by atoms with Crippen molar-refractivity contribution in [1.29, 1.82) is 0 Å². The number of primary sulfonamides is 1. The molecule has 0 atom stereocenters. The smallest absolute Gasteiger partial charge is 0.475 e. The molecule has 0 unspecified atom stereocenters. The summed E-state index contributed by atoms with van der Waals surface area (Å²) in [6, 6.07) is 8.32. The number of guanidine groups is 1. The Hall–Kier alpha value is -4.19. The van der Waals surface area contributed by atoms with Gasteiger partial charge in [0, 0.05) is 24.2 Å². The number of carboxylic acid groups (broad SMARTS) is 1. The van der Waals surface area contributed by atoms with Gasteiger partial charge in [0.1, 0.15) is 0 Å². The van der Waals surface area contributed by atoms with E-state index >= 15 is 0 Å². The number of carboxylic acids is 1. The van der Waals surface area contributed by atoms with Gasteiger partial charge in [0.2, 0.25) is 10.0 Å². The van der Waals surface area contributed by atoms with Gasteiger partial charge in [-0.25, -0.2) is 18.4 Å². The summed E-state index contributed by atoms with van der Waals surface area (Å²) in [4.78, 5) is 38.2. The summed E-state index contributed by atoms with van der Waals surface area (Å²) in [6.45, 7) is 0.402. The minimum atomic E-state index is -5.08. The SMILES string of the molecule is NC(N)=NC(=O)c1ccc(C2CCN(C(=O)c3ccc(S(N)(=O)=O)cc3)CC2)c(C(F)(F)F)c1.O=C(O)C(F)(F)F. The summed E-state index contributed by atoms with van der Waals surface area (Å²) >= 11 is 0. The van der Waals surface area contributed by atoms with Gasteiger partial charge in [-0.3, -0.25) is 9.59 Å². The third kappa shape index (κ3) is 9.17. The van der Waals surface area contributed by atoms with Crippen LogP contribution in [0.2, 0.25) is 0 Å². The number of nitrogens with two attached hydrogens (primary N) is 3. The number of halogens is 6. The molecule has 1 heterocycles. The average Bonchev–Trinajstić information content (AvgIpc) is 2.86. The van der Waals surface area contributed by atoms with E-state index in [1.54, 1.807) is 0 Å². The number of aliphatic carboxylic acids is 1. The summed E-state index contributed by atoms with van der Waals surface area (Å²) in [5, 5.41) is 12.2. The molecule has 2 aromatic carbocycles. The molecule has 2 aromatic rings. The number of carbonyl (C=O) groups is 3. The van der Waals surface area contributed by atoms with Gasteiger partial charge in [0.15, 0.2) is 5.96 Å². The highest BCUT2D eigenvalue weighted by atomic mass is 32.2. The molecule has 7 N–H and O–H groups in total. The third-order valence-electron chi connectivity index (χ3n) is 5.73. The number of benzene rings is 2. The number of hydrogen-bond donors (Lipinski definition) is 4. The highest BCUT2D eigenvalue weighted by Crippen LogP contribution is 2.39. The van der Waals surface area contributed by atoms with Crippen molar-refractivity contribution in [1.82, 2.24) is 4.90 Å². The minimum absolute atomic E-state index is 0.0263. The second-order valence-corrected chi connectivity index (χ2v) is 10.1. The summed E-state index contributed by atoms with van der Waals surface area (Å²) in [5.74, 6) is -5.15. The monoisotopic (exact) mass is 611 g/mol. The predicted octanol–water partition coefficient (Wildman–Crippen LogP) is 2.42. The van der Waals surface area contributed by atoms with Crippen molar-refractivity contribution in [2.45, 2.75) is 36.0 Å². The zero-order valence-corrected chi connectivity index (χ0v) is 21.6. The van der Waals surface area contributed by atoms with Crippen LogP contribution in [0.4, 0.5) is 26.3 Å². The quantitative estimate of drug-likeness (QED) is 0.229. The summed E-state index contributed by atoms with van der Waals surface area (Å²) in [5.41, 5.74) is 9.28. The Kier molecular flexibility index (Phi) is 10.1. The van der Waals surface area contributed by atoms with Gasteiger partial charge in [0.25, 0.3) is 11.8 Å². The topological polar surface area (TPSA) is 199 Å². The van der Waals surface area contributed by atoms with E-state index in [2.05, 4.69) is 4.99 Å². The number of hydrogen-bond acceptors (Lipinski definition) is 5. The Morgan fingerprint density at radius 2 is 1.39 bits per heavy atom. The van der Waals surface area contributed by atoms with Gasteiger partial charge in [-0.05, 0) is 60.7 Å². The van der Waals surface area contributed by atoms with E-state index in [0.29, 0.717) is 0 Å². The van der Waals surface area contributed by atoms with Crippen LogP contribution < -0.4 is 16.6 Å². The number of aliphatic imine (C=N–C) groups is 1. The van der Waals surface area contributed by atoms with E-state index in [0.717, 1.165) is 6.07 Å². The molecule has 18 heteroatoms. The number of carbonyl (C=O) groups excluding carboxylic acids is 2. The zero-order valence-electron chi connectivity index (χ0n) is 20.7. The average molecular weight is 612 g/mol. The summed E-state index contributed by atoms with van der Waals surface area (Å²) < 4.78 is 95.7. The molecule has 41 heavy (non-hydrogen) atoms. The van der Waals surface area contributed by atoms with Crippen molar-refractivity contribution in [3.8, 4) is 0 Å². The number of alkyl halides is 6. The van der Waals surface area contributed by atoms with E-state index in [9.17, 15) is 44.3 Å². The van der Waals surface area contributed by atoms with Crippen LogP contribution in [0.25, 0.3) is 0 Å². The van der Waals surface area contributed by atoms with Gasteiger partial charge in [-0.2, -0.15) is 31.3 Å². The van der Waals surface area contributed by atoms with Gasteiger partial charge >= 0.3 is 18.3 Å². The summed E-state index contributed by atoms with van der Waals surface area (Å²) in [7, 11) is -3.90. The number of piperidine rings is 1. The molecule has 0 aromatic heterocycles. The van der Waals surface area contributed by atoms with Gasteiger partial charge in [-0.15, -0.1) is 0 Å². The second-order valence-electron chi connectivity index (χ2n) is 8.58. The maximum Gasteiger partial charge on any atom is 0.490 e. The lowest BCUT2D eigenvalue weighted by Crippen LogP contribution is -2.38. The van der Waals surface area contributed by atoms with E-state index < -0.39 is 51.7 Å². The second kappa shape index (κ2) is 12.5. The molecule has 224 valence electrons. The predicted molar refractivity (Wildman–Crippen MR) is 131 cm³/mol. The fourth-order valence-electron chi connectivity index (χ4n) is 3.84. The number of rotatable bonds is 4. The molecular weight excluding hydrogens is 588 g/mol. The summed E-state index contributed by atoms with van der Waals surface area (Å²) in [6.07, 6.45) is -9.25. The van der Waals surface area contributed by atoms with Crippen molar-refractivity contribution < 1.29 is 54.3 Å². The number of nitrogens with zero attached hydrogens (tertiary/aromatic N) is 2. The lowest BCUT2D eigenvalue weighted by Gasteiger charge is -2.33. The fraction of sp³-hybridized carbons (Fsp3) is 0.304. The third-order valence-corrected chi connectivity index (χ3v) is 6.66. The largest absolute Gasteiger partial charge is 0.490 e. The first-order valence-corrected chi connectivity index (χ1v) is 12.8. The highest BCUT2D eigenvalue weighted by Gasteiger charge is 2.38. The van der Waals surface area contributed by atoms with Crippen LogP contribution in [-0.4, -0.2) is 61.4 Å². The molecule has 11 nitrogen and oxygen atoms in total. The van der Waals surface area contributed by atoms with Crippen LogP contribution in [0.5, 0.6) is 0 Å². The van der Waals surface area contributed by atoms with Crippen molar-refractivity contribution in [2.24, 2.45) is 21.6 Å². The lowest BCUT2D eigenvalue weighted by atomic mass is 9.85. The van der Waals surface area contributed by atoms with E-state index in [-0.39, 0.29) is 53.4 Å². The van der Waals surface area contributed by atoms with Crippen LogP contribution in [0.15, 0.2) is 52.4 Å². The van der Waals surface area contributed by atoms with Gasteiger partial charge < -0.3 is 21.5 Å². The number of sulfonamides is 1. The maximum absolute atomic E-state index is 13.7. The molecule has 1 aliphatic rings. The van der Waals surface area contributed by atoms with Crippen LogP contribution in [0.1, 0.15) is 50.6 Å². The van der Waals surface area contributed by atoms with Crippen LogP contribution in [0, 0.1) is 0 Å². The first-order chi connectivity index (χ1) is 18.7. The van der Waals surface area contributed by atoms with Crippen LogP contribution in [-0.2, 0) is 21.0 Å². The van der Waals surface area contributed by atoms with E-state index in [1.807, 2.05) is 0 Å². The van der Waals surface area contributed by atoms with E-state index in [1.165, 1.54) is 41.3 Å². The lowest BCUT2D eigenvalue weighted by molar-refractivity contribution is -0.192. The zero-order chi connectivity index (χ0) is 31.3. The standard InChI is InChI=1S/C21H22F3N5O4S.C2HF3O2/c22-21(23,24)17-11-14(18(30)28-20(25)26)3-6-16(17)12-7-9-29(10-8-12)19(31)13-1-4-15(5-2-13)34(27,32)33;3-2(4,5)1(6)7/h1-6,11-12H,7-10H2,(H2,27,32,33)(H4,25,26,28,30);(H,6,7). The molecule has 1 aliphatic heterocycles. The van der Waals surface area contributed by atoms with Crippen molar-refractivity contribution in [3.05, 3.63) is 64.7 Å². The first kappa shape index (κ1) is 33.0. The highest BCUT2D eigenvalue weighted by molar-refractivity contribution is 7.89. The molecule has 1 fully saturated rings. The van der Waals surface area contributed by atoms with Crippen LogP contribution >= 0.6 is 0 Å². The Balaban J connectivity index is 0.000000745. The van der Waals surface area contributed by atoms with E-state index in [4.69, 9.17) is 26.5 Å². The van der Waals surface area contributed by atoms with Crippen molar-refractivity contribution in [3.63, 3.8) is 0 Å². The molecule has 0 spiro atoms. The fourth-order valence-corrected chi connectivity index (χ4v) is 4.35. The molecule has 1 saturated heterocycles. The Morgan fingerprint density at radius 3 is 1.80 bits per heavy atom.